The topological polar surface area (TPSA) is 26.3 Å². The molecule has 0 spiro atoms. The van der Waals surface area contributed by atoms with Crippen molar-refractivity contribution < 1.29 is 22.7 Å². The molecule has 17 heavy (non-hydrogen) atoms. The van der Waals surface area contributed by atoms with Crippen molar-refractivity contribution in [3.63, 3.8) is 0 Å². The van der Waals surface area contributed by atoms with Crippen LogP contribution in [0.2, 0.25) is 0 Å². The van der Waals surface area contributed by atoms with Crippen molar-refractivity contribution in [2.45, 2.75) is 20.0 Å². The van der Waals surface area contributed by atoms with Crippen LogP contribution in [-0.2, 0) is 11.0 Å². The lowest BCUT2D eigenvalue weighted by atomic mass is 10.1. The van der Waals surface area contributed by atoms with E-state index >= 15 is 0 Å². The van der Waals surface area contributed by atoms with E-state index in [1.165, 1.54) is 18.2 Å². The molecule has 0 amide bonds. The number of carbonyl (C=O) groups is 1. The number of para-hydroxylation sites is 1. The minimum atomic E-state index is -4.47. The number of benzene rings is 1. The molecule has 0 bridgehead atoms. The second-order valence-corrected chi connectivity index (χ2v) is 3.90. The van der Waals surface area contributed by atoms with E-state index in [4.69, 9.17) is 4.74 Å². The molecule has 0 aliphatic carbocycles. The Labute approximate surface area is 97.4 Å². The molecule has 0 fully saturated rings. The van der Waals surface area contributed by atoms with Crippen molar-refractivity contribution in [2.75, 3.05) is 6.61 Å². The van der Waals surface area contributed by atoms with Gasteiger partial charge in [0.2, 0.25) is 0 Å². The largest absolute Gasteiger partial charge is 0.485 e. The number of hydrogen-bond donors (Lipinski definition) is 0. The predicted molar refractivity (Wildman–Crippen MR) is 56.8 cm³/mol. The summed E-state index contributed by atoms with van der Waals surface area (Å²) in [6, 6.07) is 4.84. The summed E-state index contributed by atoms with van der Waals surface area (Å²) in [6.45, 7) is 2.99. The maximum absolute atomic E-state index is 12.6. The monoisotopic (exact) mass is 246 g/mol. The maximum Gasteiger partial charge on any atom is 0.419 e. The first-order valence-electron chi connectivity index (χ1n) is 5.14. The molecule has 0 saturated heterocycles. The highest BCUT2D eigenvalue weighted by atomic mass is 19.4. The van der Waals surface area contributed by atoms with E-state index in [2.05, 4.69) is 0 Å². The summed E-state index contributed by atoms with van der Waals surface area (Å²) in [5.41, 5.74) is -0.864. The molecule has 0 aromatic heterocycles. The van der Waals surface area contributed by atoms with E-state index in [1.54, 1.807) is 13.8 Å². The van der Waals surface area contributed by atoms with Gasteiger partial charge in [-0.25, -0.2) is 0 Å². The van der Waals surface area contributed by atoms with Crippen molar-refractivity contribution >= 4 is 5.78 Å². The Balaban J connectivity index is 2.82. The van der Waals surface area contributed by atoms with Crippen LogP contribution in [0.5, 0.6) is 5.75 Å². The van der Waals surface area contributed by atoms with Gasteiger partial charge in [-0.05, 0) is 12.1 Å². The molecular weight excluding hydrogens is 233 g/mol. The zero-order chi connectivity index (χ0) is 13.1. The average Bonchev–Trinajstić information content (AvgIpc) is 2.24. The molecule has 0 aliphatic heterocycles. The lowest BCUT2D eigenvalue weighted by Gasteiger charge is -2.13. The van der Waals surface area contributed by atoms with Gasteiger partial charge in [0.25, 0.3) is 0 Å². The predicted octanol–water partition coefficient (Wildman–Crippen LogP) is 3.31. The van der Waals surface area contributed by atoms with Gasteiger partial charge in [-0.1, -0.05) is 26.0 Å². The second-order valence-electron chi connectivity index (χ2n) is 3.90. The fourth-order valence-corrected chi connectivity index (χ4v) is 1.14. The zero-order valence-corrected chi connectivity index (χ0v) is 9.54. The Morgan fingerprint density at radius 2 is 1.88 bits per heavy atom. The lowest BCUT2D eigenvalue weighted by Crippen LogP contribution is -2.18. The third-order valence-electron chi connectivity index (χ3n) is 2.21. The van der Waals surface area contributed by atoms with Gasteiger partial charge in [0.15, 0.2) is 5.78 Å². The fourth-order valence-electron chi connectivity index (χ4n) is 1.14. The summed E-state index contributed by atoms with van der Waals surface area (Å²) in [7, 11) is 0. The first-order chi connectivity index (χ1) is 7.82. The third kappa shape index (κ3) is 3.76. The summed E-state index contributed by atoms with van der Waals surface area (Å²) in [5.74, 6) is -0.802. The summed E-state index contributed by atoms with van der Waals surface area (Å²) in [5, 5.41) is 0. The van der Waals surface area contributed by atoms with E-state index in [-0.39, 0.29) is 24.1 Å². The minimum Gasteiger partial charge on any atom is -0.485 e. The van der Waals surface area contributed by atoms with Crippen molar-refractivity contribution in [2.24, 2.45) is 5.92 Å². The Bertz CT molecular complexity index is 397. The van der Waals surface area contributed by atoms with Crippen LogP contribution in [-0.4, -0.2) is 12.4 Å². The van der Waals surface area contributed by atoms with Crippen molar-refractivity contribution in [3.05, 3.63) is 29.8 Å². The van der Waals surface area contributed by atoms with E-state index in [0.29, 0.717) is 0 Å². The number of carbonyl (C=O) groups excluding carboxylic acids is 1. The number of rotatable bonds is 4. The quantitative estimate of drug-likeness (QED) is 0.814. The van der Waals surface area contributed by atoms with Gasteiger partial charge < -0.3 is 4.74 Å². The van der Waals surface area contributed by atoms with Gasteiger partial charge in [0, 0.05) is 5.92 Å². The van der Waals surface area contributed by atoms with Crippen molar-refractivity contribution in [1.82, 2.24) is 0 Å². The fraction of sp³-hybridized carbons (Fsp3) is 0.417. The van der Waals surface area contributed by atoms with Crippen LogP contribution in [0.4, 0.5) is 13.2 Å². The molecular formula is C12H13F3O2. The molecule has 1 rings (SSSR count). The van der Waals surface area contributed by atoms with Gasteiger partial charge >= 0.3 is 6.18 Å². The molecule has 0 saturated carbocycles. The number of halogens is 3. The van der Waals surface area contributed by atoms with Crippen molar-refractivity contribution in [3.8, 4) is 5.75 Å². The Morgan fingerprint density at radius 1 is 1.29 bits per heavy atom. The molecule has 94 valence electrons. The first-order valence-corrected chi connectivity index (χ1v) is 5.14. The van der Waals surface area contributed by atoms with Crippen LogP contribution in [0.1, 0.15) is 19.4 Å². The van der Waals surface area contributed by atoms with Gasteiger partial charge in [0.1, 0.15) is 12.4 Å². The molecule has 0 N–H and O–H groups in total. The number of ether oxygens (including phenoxy) is 1. The van der Waals surface area contributed by atoms with Crippen LogP contribution in [0.25, 0.3) is 0 Å². The number of ketones is 1. The maximum atomic E-state index is 12.6. The normalized spacial score (nSPS) is 11.6. The minimum absolute atomic E-state index is 0.234. The second kappa shape index (κ2) is 5.21. The standard InChI is InChI=1S/C12H13F3O2/c1-8(2)10(16)7-17-11-6-4-3-5-9(11)12(13,14)15/h3-6,8H,7H2,1-2H3. The highest BCUT2D eigenvalue weighted by Gasteiger charge is 2.34. The van der Waals surface area contributed by atoms with E-state index < -0.39 is 11.7 Å². The van der Waals surface area contributed by atoms with Crippen LogP contribution in [0.15, 0.2) is 24.3 Å². The summed E-state index contributed by atoms with van der Waals surface area (Å²) < 4.78 is 42.6. The smallest absolute Gasteiger partial charge is 0.419 e. The van der Waals surface area contributed by atoms with E-state index in [9.17, 15) is 18.0 Å². The summed E-state index contributed by atoms with van der Waals surface area (Å²) in [6.07, 6.45) is -4.47. The van der Waals surface area contributed by atoms with Gasteiger partial charge in [0.05, 0.1) is 5.56 Å². The summed E-state index contributed by atoms with van der Waals surface area (Å²) >= 11 is 0. The average molecular weight is 246 g/mol. The van der Waals surface area contributed by atoms with Gasteiger partial charge in [-0.3, -0.25) is 4.79 Å². The molecule has 0 unspecified atom stereocenters. The zero-order valence-electron chi connectivity index (χ0n) is 9.54. The van der Waals surface area contributed by atoms with Crippen molar-refractivity contribution in [1.29, 1.82) is 0 Å². The third-order valence-corrected chi connectivity index (χ3v) is 2.21. The van der Waals surface area contributed by atoms with E-state index in [1.807, 2.05) is 0 Å². The highest BCUT2D eigenvalue weighted by molar-refractivity contribution is 5.81. The SMILES string of the molecule is CC(C)C(=O)COc1ccccc1C(F)(F)F. The van der Waals surface area contributed by atoms with Crippen LogP contribution in [0, 0.1) is 5.92 Å². The molecule has 0 heterocycles. The van der Waals surface area contributed by atoms with Gasteiger partial charge in [-0.2, -0.15) is 13.2 Å². The van der Waals surface area contributed by atoms with Crippen LogP contribution < -0.4 is 4.74 Å². The molecule has 0 radical (unpaired) electrons. The number of hydrogen-bond acceptors (Lipinski definition) is 2. The molecule has 1 aromatic rings. The van der Waals surface area contributed by atoms with Crippen LogP contribution >= 0.6 is 0 Å². The van der Waals surface area contributed by atoms with Gasteiger partial charge in [-0.15, -0.1) is 0 Å². The Kier molecular flexibility index (Phi) is 4.15. The van der Waals surface area contributed by atoms with Crippen LogP contribution in [0.3, 0.4) is 0 Å². The lowest BCUT2D eigenvalue weighted by molar-refractivity contribution is -0.139. The molecule has 0 aliphatic rings. The summed E-state index contributed by atoms with van der Waals surface area (Å²) in [4.78, 5) is 11.3. The molecule has 2 nitrogen and oxygen atoms in total. The molecule has 0 atom stereocenters. The number of alkyl halides is 3. The Morgan fingerprint density at radius 3 is 2.41 bits per heavy atom. The molecule has 5 heteroatoms. The van der Waals surface area contributed by atoms with E-state index in [0.717, 1.165) is 6.07 Å². The highest BCUT2D eigenvalue weighted by Crippen LogP contribution is 2.35. The first kappa shape index (κ1) is 13.5. The Hall–Kier alpha value is -1.52. The molecule has 1 aromatic carbocycles. The number of Topliss-reactive ketones (excluding diaryl/α,β-unsaturated/α-hetero) is 1.